The van der Waals surface area contributed by atoms with Gasteiger partial charge in [-0.2, -0.15) is 0 Å². The molecule has 1 aromatic carbocycles. The van der Waals surface area contributed by atoms with Gasteiger partial charge in [0.2, 0.25) is 0 Å². The highest BCUT2D eigenvalue weighted by molar-refractivity contribution is 5.40. The summed E-state index contributed by atoms with van der Waals surface area (Å²) in [6.07, 6.45) is 2.74. The highest BCUT2D eigenvalue weighted by atomic mass is 16.5. The van der Waals surface area contributed by atoms with Crippen LogP contribution in [0.5, 0.6) is 11.5 Å². The Morgan fingerprint density at radius 1 is 1.29 bits per heavy atom. The number of methoxy groups -OCH3 is 2. The number of hydrogen-bond acceptors (Lipinski definition) is 3. The van der Waals surface area contributed by atoms with E-state index in [2.05, 4.69) is 18.3 Å². The van der Waals surface area contributed by atoms with E-state index in [0.29, 0.717) is 6.04 Å². The molecule has 0 aliphatic heterocycles. The van der Waals surface area contributed by atoms with Crippen LogP contribution in [-0.2, 0) is 6.54 Å². The molecule has 0 bridgehead atoms. The molecule has 0 radical (unpaired) electrons. The van der Waals surface area contributed by atoms with E-state index in [9.17, 15) is 0 Å². The number of nitrogens with one attached hydrogen (secondary N) is 1. The number of benzene rings is 1. The summed E-state index contributed by atoms with van der Waals surface area (Å²) < 4.78 is 10.6. The predicted octanol–water partition coefficient (Wildman–Crippen LogP) is 2.59. The summed E-state index contributed by atoms with van der Waals surface area (Å²) in [4.78, 5) is 0. The minimum Gasteiger partial charge on any atom is -0.497 e. The lowest BCUT2D eigenvalue weighted by Crippen LogP contribution is -2.27. The van der Waals surface area contributed by atoms with Crippen LogP contribution in [0.1, 0.15) is 25.3 Å². The Morgan fingerprint density at radius 3 is 2.65 bits per heavy atom. The average molecular weight is 235 g/mol. The van der Waals surface area contributed by atoms with Gasteiger partial charge in [-0.1, -0.05) is 6.07 Å². The molecule has 3 nitrogen and oxygen atoms in total. The first-order valence-corrected chi connectivity index (χ1v) is 6.19. The molecule has 0 amide bonds. The molecule has 0 unspecified atom stereocenters. The quantitative estimate of drug-likeness (QED) is 0.822. The number of rotatable bonds is 6. The fraction of sp³-hybridized carbons (Fsp3) is 0.571. The van der Waals surface area contributed by atoms with Gasteiger partial charge in [0, 0.05) is 24.2 Å². The molecule has 1 saturated carbocycles. The second-order valence-corrected chi connectivity index (χ2v) is 4.68. The molecule has 1 aliphatic rings. The first kappa shape index (κ1) is 12.2. The number of ether oxygens (including phenoxy) is 2. The minimum absolute atomic E-state index is 0.599. The molecular formula is C14H21NO2. The molecule has 0 spiro atoms. The van der Waals surface area contributed by atoms with Crippen LogP contribution in [0, 0.1) is 5.92 Å². The zero-order valence-electron chi connectivity index (χ0n) is 10.8. The summed E-state index contributed by atoms with van der Waals surface area (Å²) in [5.74, 6) is 2.60. The lowest BCUT2D eigenvalue weighted by molar-refractivity contribution is 0.387. The van der Waals surface area contributed by atoms with E-state index < -0.39 is 0 Å². The van der Waals surface area contributed by atoms with Crippen molar-refractivity contribution in [1.29, 1.82) is 0 Å². The topological polar surface area (TPSA) is 30.5 Å². The maximum absolute atomic E-state index is 5.38. The van der Waals surface area contributed by atoms with E-state index in [-0.39, 0.29) is 0 Å². The zero-order valence-corrected chi connectivity index (χ0v) is 10.8. The molecule has 1 fully saturated rings. The van der Waals surface area contributed by atoms with Crippen LogP contribution in [0.25, 0.3) is 0 Å². The number of hydrogen-bond donors (Lipinski definition) is 1. The molecule has 2 rings (SSSR count). The minimum atomic E-state index is 0.599. The van der Waals surface area contributed by atoms with E-state index in [1.807, 2.05) is 12.1 Å². The highest BCUT2D eigenvalue weighted by Crippen LogP contribution is 2.32. The van der Waals surface area contributed by atoms with Crippen molar-refractivity contribution in [3.63, 3.8) is 0 Å². The highest BCUT2D eigenvalue weighted by Gasteiger charge is 2.27. The fourth-order valence-electron chi connectivity index (χ4n) is 2.03. The van der Waals surface area contributed by atoms with Crippen LogP contribution in [0.15, 0.2) is 18.2 Å². The van der Waals surface area contributed by atoms with Crippen molar-refractivity contribution < 1.29 is 9.47 Å². The Balaban J connectivity index is 1.98. The van der Waals surface area contributed by atoms with Gasteiger partial charge in [0.25, 0.3) is 0 Å². The molecule has 0 heterocycles. The molecule has 3 heteroatoms. The van der Waals surface area contributed by atoms with Crippen LogP contribution >= 0.6 is 0 Å². The SMILES string of the molecule is COc1ccc(CN[C@@H](C)C2CC2)c(OC)c1. The van der Waals surface area contributed by atoms with Crippen molar-refractivity contribution in [1.82, 2.24) is 5.32 Å². The van der Waals surface area contributed by atoms with Gasteiger partial charge in [-0.05, 0) is 31.7 Å². The van der Waals surface area contributed by atoms with Gasteiger partial charge in [-0.15, -0.1) is 0 Å². The van der Waals surface area contributed by atoms with Crippen molar-refractivity contribution in [3.05, 3.63) is 23.8 Å². The average Bonchev–Trinajstić information content (AvgIpc) is 3.19. The monoisotopic (exact) mass is 235 g/mol. The summed E-state index contributed by atoms with van der Waals surface area (Å²) in [6, 6.07) is 6.56. The third-order valence-electron chi connectivity index (χ3n) is 3.44. The van der Waals surface area contributed by atoms with Crippen molar-refractivity contribution in [3.8, 4) is 11.5 Å². The van der Waals surface area contributed by atoms with Crippen molar-refractivity contribution in [2.75, 3.05) is 14.2 Å². The summed E-state index contributed by atoms with van der Waals surface area (Å²) in [7, 11) is 3.37. The molecule has 1 aromatic rings. The normalized spacial score (nSPS) is 16.6. The third-order valence-corrected chi connectivity index (χ3v) is 3.44. The zero-order chi connectivity index (χ0) is 12.3. The van der Waals surface area contributed by atoms with Crippen LogP contribution in [0.4, 0.5) is 0 Å². The molecule has 1 atom stereocenters. The van der Waals surface area contributed by atoms with Crippen molar-refractivity contribution >= 4 is 0 Å². The van der Waals surface area contributed by atoms with Crippen LogP contribution in [0.3, 0.4) is 0 Å². The van der Waals surface area contributed by atoms with E-state index in [4.69, 9.17) is 9.47 Å². The van der Waals surface area contributed by atoms with Crippen molar-refractivity contribution in [2.45, 2.75) is 32.4 Å². The lowest BCUT2D eigenvalue weighted by Gasteiger charge is -2.15. The largest absolute Gasteiger partial charge is 0.497 e. The van der Waals surface area contributed by atoms with Gasteiger partial charge in [0.05, 0.1) is 14.2 Å². The Hall–Kier alpha value is -1.22. The third kappa shape index (κ3) is 3.13. The second-order valence-electron chi connectivity index (χ2n) is 4.68. The Bertz CT molecular complexity index is 374. The molecule has 1 aliphatic carbocycles. The van der Waals surface area contributed by atoms with Gasteiger partial charge < -0.3 is 14.8 Å². The first-order valence-electron chi connectivity index (χ1n) is 6.19. The molecule has 0 aromatic heterocycles. The Labute approximate surface area is 103 Å². The summed E-state index contributed by atoms with van der Waals surface area (Å²) >= 11 is 0. The standard InChI is InChI=1S/C14H21NO2/c1-10(11-4-5-11)15-9-12-6-7-13(16-2)8-14(12)17-3/h6-8,10-11,15H,4-5,9H2,1-3H3/t10-/m0/s1. The maximum atomic E-state index is 5.38. The van der Waals surface area contributed by atoms with Crippen molar-refractivity contribution in [2.24, 2.45) is 5.92 Å². The van der Waals surface area contributed by atoms with E-state index in [1.54, 1.807) is 14.2 Å². The lowest BCUT2D eigenvalue weighted by atomic mass is 10.1. The van der Waals surface area contributed by atoms with E-state index in [0.717, 1.165) is 24.0 Å². The fourth-order valence-corrected chi connectivity index (χ4v) is 2.03. The molecule has 1 N–H and O–H groups in total. The molecule has 94 valence electrons. The summed E-state index contributed by atoms with van der Waals surface area (Å²) in [5, 5.41) is 3.55. The van der Waals surface area contributed by atoms with Crippen LogP contribution in [0.2, 0.25) is 0 Å². The summed E-state index contributed by atoms with van der Waals surface area (Å²) in [5.41, 5.74) is 1.18. The van der Waals surface area contributed by atoms with Gasteiger partial charge >= 0.3 is 0 Å². The second kappa shape index (κ2) is 5.41. The van der Waals surface area contributed by atoms with Gasteiger partial charge in [0.1, 0.15) is 11.5 Å². The first-order chi connectivity index (χ1) is 8.24. The maximum Gasteiger partial charge on any atom is 0.127 e. The molecule has 0 saturated heterocycles. The van der Waals surface area contributed by atoms with Crippen LogP contribution < -0.4 is 14.8 Å². The van der Waals surface area contributed by atoms with Gasteiger partial charge in [-0.25, -0.2) is 0 Å². The predicted molar refractivity (Wildman–Crippen MR) is 68.6 cm³/mol. The van der Waals surface area contributed by atoms with Crippen LogP contribution in [-0.4, -0.2) is 20.3 Å². The molecule has 17 heavy (non-hydrogen) atoms. The van der Waals surface area contributed by atoms with E-state index in [1.165, 1.54) is 18.4 Å². The van der Waals surface area contributed by atoms with Gasteiger partial charge in [0.15, 0.2) is 0 Å². The van der Waals surface area contributed by atoms with Gasteiger partial charge in [-0.3, -0.25) is 0 Å². The van der Waals surface area contributed by atoms with E-state index >= 15 is 0 Å². The smallest absolute Gasteiger partial charge is 0.127 e. The Morgan fingerprint density at radius 2 is 2.06 bits per heavy atom. The summed E-state index contributed by atoms with van der Waals surface area (Å²) in [6.45, 7) is 3.11. The molecular weight excluding hydrogens is 214 g/mol. The Kier molecular flexibility index (Phi) is 3.89.